The van der Waals surface area contributed by atoms with Gasteiger partial charge in [0.2, 0.25) is 0 Å². The molecule has 2 amide bonds. The highest BCUT2D eigenvalue weighted by atomic mass is 127. The average molecular weight is 380 g/mol. The van der Waals surface area contributed by atoms with Gasteiger partial charge in [0.25, 0.3) is 0 Å². The predicted molar refractivity (Wildman–Crippen MR) is 92.5 cm³/mol. The van der Waals surface area contributed by atoms with Gasteiger partial charge in [-0.25, -0.2) is 4.79 Å². The minimum Gasteiger partial charge on any atom is -0.307 e. The van der Waals surface area contributed by atoms with Gasteiger partial charge in [-0.2, -0.15) is 0 Å². The third kappa shape index (κ3) is 3.50. The summed E-state index contributed by atoms with van der Waals surface area (Å²) < 4.78 is 1.01. The van der Waals surface area contributed by atoms with Gasteiger partial charge >= 0.3 is 6.03 Å². The van der Waals surface area contributed by atoms with E-state index in [4.69, 9.17) is 0 Å². The van der Waals surface area contributed by atoms with Crippen LogP contribution >= 0.6 is 22.6 Å². The van der Waals surface area contributed by atoms with Crippen LogP contribution in [0, 0.1) is 24.3 Å². The molecule has 0 aliphatic rings. The summed E-state index contributed by atoms with van der Waals surface area (Å²) in [5.74, 6) is 0. The van der Waals surface area contributed by atoms with E-state index in [0.29, 0.717) is 0 Å². The summed E-state index contributed by atoms with van der Waals surface area (Å²) in [6.07, 6.45) is 0. The van der Waals surface area contributed by atoms with Crippen LogP contribution in [0.3, 0.4) is 0 Å². The highest BCUT2D eigenvalue weighted by Crippen LogP contribution is 2.23. The summed E-state index contributed by atoms with van der Waals surface area (Å²) in [5.41, 5.74) is 5.02. The molecule has 0 heterocycles. The number of hydrogen-bond donors (Lipinski definition) is 2. The van der Waals surface area contributed by atoms with Gasteiger partial charge in [0.05, 0.1) is 5.69 Å². The Labute approximate surface area is 132 Å². The van der Waals surface area contributed by atoms with E-state index < -0.39 is 0 Å². The van der Waals surface area contributed by atoms with E-state index in [1.165, 1.54) is 5.56 Å². The molecule has 0 saturated heterocycles. The Hall–Kier alpha value is -1.56. The van der Waals surface area contributed by atoms with Crippen molar-refractivity contribution in [1.82, 2.24) is 0 Å². The van der Waals surface area contributed by atoms with E-state index in [9.17, 15) is 4.79 Å². The maximum absolute atomic E-state index is 12.1. The lowest BCUT2D eigenvalue weighted by Crippen LogP contribution is -2.21. The number of urea groups is 1. The number of anilines is 2. The first kappa shape index (κ1) is 14.8. The second kappa shape index (κ2) is 6.26. The Kier molecular flexibility index (Phi) is 4.65. The Morgan fingerprint density at radius 2 is 1.60 bits per heavy atom. The van der Waals surface area contributed by atoms with Crippen molar-refractivity contribution in [3.63, 3.8) is 0 Å². The topological polar surface area (TPSA) is 41.1 Å². The third-order valence-corrected chi connectivity index (χ3v) is 3.98. The molecule has 104 valence electrons. The molecule has 2 rings (SSSR count). The first-order chi connectivity index (χ1) is 9.47. The molecule has 2 aromatic carbocycles. The van der Waals surface area contributed by atoms with Gasteiger partial charge in [0.15, 0.2) is 0 Å². The molecule has 0 fully saturated rings. The third-order valence-electron chi connectivity index (χ3n) is 3.04. The Morgan fingerprint density at radius 3 is 2.20 bits per heavy atom. The summed E-state index contributed by atoms with van der Waals surface area (Å²) in [5, 5.41) is 5.80. The summed E-state index contributed by atoms with van der Waals surface area (Å²) in [6, 6.07) is 11.6. The first-order valence-electron chi connectivity index (χ1n) is 6.38. The number of amides is 2. The van der Waals surface area contributed by atoms with Crippen LogP contribution < -0.4 is 10.6 Å². The van der Waals surface area contributed by atoms with Crippen molar-refractivity contribution >= 4 is 40.0 Å². The lowest BCUT2D eigenvalue weighted by atomic mass is 10.1. The Bertz CT molecular complexity index is 630. The number of hydrogen-bond acceptors (Lipinski definition) is 1. The number of aryl methyl sites for hydroxylation is 3. The van der Waals surface area contributed by atoms with Gasteiger partial charge < -0.3 is 10.6 Å². The molecule has 0 aliphatic heterocycles. The number of carbonyl (C=O) groups is 1. The molecule has 0 atom stereocenters. The zero-order valence-corrected chi connectivity index (χ0v) is 13.9. The smallest absolute Gasteiger partial charge is 0.307 e. The van der Waals surface area contributed by atoms with Gasteiger partial charge in [-0.15, -0.1) is 0 Å². The Balaban J connectivity index is 2.15. The molecule has 2 aromatic rings. The van der Waals surface area contributed by atoms with Gasteiger partial charge in [-0.3, -0.25) is 0 Å². The first-order valence-corrected chi connectivity index (χ1v) is 7.45. The van der Waals surface area contributed by atoms with Crippen LogP contribution in [-0.2, 0) is 0 Å². The summed E-state index contributed by atoms with van der Waals surface area (Å²) in [6.45, 7) is 6.06. The molecule has 3 nitrogen and oxygen atoms in total. The van der Waals surface area contributed by atoms with Crippen molar-refractivity contribution in [2.75, 3.05) is 10.6 Å². The van der Waals surface area contributed by atoms with Crippen LogP contribution in [-0.4, -0.2) is 6.03 Å². The van der Waals surface area contributed by atoms with Crippen molar-refractivity contribution in [2.45, 2.75) is 20.8 Å². The molecule has 0 aromatic heterocycles. The van der Waals surface area contributed by atoms with E-state index in [-0.39, 0.29) is 6.03 Å². The van der Waals surface area contributed by atoms with Crippen molar-refractivity contribution in [2.24, 2.45) is 0 Å². The SMILES string of the molecule is Cc1cc(C)c(NC(=O)Nc2ccccc2I)c(C)c1. The number of halogens is 1. The fraction of sp³-hybridized carbons (Fsp3) is 0.188. The van der Waals surface area contributed by atoms with Crippen molar-refractivity contribution in [3.05, 3.63) is 56.7 Å². The van der Waals surface area contributed by atoms with Crippen molar-refractivity contribution in [1.29, 1.82) is 0 Å². The molecule has 0 spiro atoms. The van der Waals surface area contributed by atoms with Crippen molar-refractivity contribution in [3.8, 4) is 0 Å². The van der Waals surface area contributed by atoms with Gasteiger partial charge in [-0.1, -0.05) is 29.8 Å². The zero-order chi connectivity index (χ0) is 14.7. The van der Waals surface area contributed by atoms with E-state index in [1.807, 2.05) is 38.1 Å². The minimum absolute atomic E-state index is 0.218. The van der Waals surface area contributed by atoms with E-state index >= 15 is 0 Å². The number of nitrogens with one attached hydrogen (secondary N) is 2. The number of para-hydroxylation sites is 1. The number of carbonyl (C=O) groups excluding carboxylic acids is 1. The number of rotatable bonds is 2. The molecule has 0 bridgehead atoms. The second-order valence-corrected chi connectivity index (χ2v) is 5.99. The molecule has 4 heteroatoms. The van der Waals surface area contributed by atoms with E-state index in [2.05, 4.69) is 52.3 Å². The highest BCUT2D eigenvalue weighted by Gasteiger charge is 2.09. The lowest BCUT2D eigenvalue weighted by Gasteiger charge is -2.14. The van der Waals surface area contributed by atoms with Crippen LogP contribution in [0.5, 0.6) is 0 Å². The summed E-state index contributed by atoms with van der Waals surface area (Å²) >= 11 is 2.20. The number of benzene rings is 2. The largest absolute Gasteiger partial charge is 0.323 e. The average Bonchev–Trinajstić information content (AvgIpc) is 2.36. The zero-order valence-electron chi connectivity index (χ0n) is 11.8. The molecular weight excluding hydrogens is 363 g/mol. The monoisotopic (exact) mass is 380 g/mol. The van der Waals surface area contributed by atoms with Crippen LogP contribution in [0.4, 0.5) is 16.2 Å². The maximum atomic E-state index is 12.1. The Morgan fingerprint density at radius 1 is 1.00 bits per heavy atom. The van der Waals surface area contributed by atoms with Gasteiger partial charge in [-0.05, 0) is 66.6 Å². The molecule has 0 aliphatic carbocycles. The highest BCUT2D eigenvalue weighted by molar-refractivity contribution is 14.1. The fourth-order valence-electron chi connectivity index (χ4n) is 2.21. The summed E-state index contributed by atoms with van der Waals surface area (Å²) in [7, 11) is 0. The van der Waals surface area contributed by atoms with Crippen LogP contribution in [0.25, 0.3) is 0 Å². The standard InChI is InChI=1S/C16H17IN2O/c1-10-8-11(2)15(12(3)9-10)19-16(20)18-14-7-5-4-6-13(14)17/h4-9H,1-3H3,(H2,18,19,20). The summed E-state index contributed by atoms with van der Waals surface area (Å²) in [4.78, 5) is 12.1. The molecular formula is C16H17IN2O. The van der Waals surface area contributed by atoms with Crippen LogP contribution in [0.2, 0.25) is 0 Å². The van der Waals surface area contributed by atoms with Crippen LogP contribution in [0.1, 0.15) is 16.7 Å². The molecule has 20 heavy (non-hydrogen) atoms. The fourth-order valence-corrected chi connectivity index (χ4v) is 2.73. The van der Waals surface area contributed by atoms with E-state index in [1.54, 1.807) is 0 Å². The van der Waals surface area contributed by atoms with Gasteiger partial charge in [0, 0.05) is 9.26 Å². The van der Waals surface area contributed by atoms with Crippen molar-refractivity contribution < 1.29 is 4.79 Å². The quantitative estimate of drug-likeness (QED) is 0.718. The van der Waals surface area contributed by atoms with Crippen LogP contribution in [0.15, 0.2) is 36.4 Å². The maximum Gasteiger partial charge on any atom is 0.323 e. The molecule has 0 saturated carbocycles. The van der Waals surface area contributed by atoms with E-state index in [0.717, 1.165) is 26.1 Å². The normalized spacial score (nSPS) is 10.2. The second-order valence-electron chi connectivity index (χ2n) is 4.83. The minimum atomic E-state index is -0.218. The molecule has 0 radical (unpaired) electrons. The lowest BCUT2D eigenvalue weighted by molar-refractivity contribution is 0.262. The molecule has 0 unspecified atom stereocenters. The predicted octanol–water partition coefficient (Wildman–Crippen LogP) is 4.86. The van der Waals surface area contributed by atoms with Gasteiger partial charge in [0.1, 0.15) is 0 Å². The molecule has 2 N–H and O–H groups in total.